The lowest BCUT2D eigenvalue weighted by molar-refractivity contribution is -0.873. The molecular formula is C19H36NO5+. The molecule has 0 amide bonds. The number of carbonyl (C=O) groups excluding carboxylic acids is 1. The minimum Gasteiger partial charge on any atom is -0.481 e. The zero-order valence-electron chi connectivity index (χ0n) is 16.2. The summed E-state index contributed by atoms with van der Waals surface area (Å²) in [6, 6.07) is 0. The first kappa shape index (κ1) is 23.6. The lowest BCUT2D eigenvalue weighted by Gasteiger charge is -2.28. The molecule has 6 heteroatoms. The lowest BCUT2D eigenvalue weighted by atomic mass is 10.1. The summed E-state index contributed by atoms with van der Waals surface area (Å²) in [6.45, 7) is 2.52. The summed E-state index contributed by atoms with van der Waals surface area (Å²) in [5, 5.41) is 18.9. The summed E-state index contributed by atoms with van der Waals surface area (Å²) >= 11 is 0. The van der Waals surface area contributed by atoms with E-state index in [1.54, 1.807) is 0 Å². The zero-order valence-corrected chi connectivity index (χ0v) is 16.2. The number of esters is 1. The summed E-state index contributed by atoms with van der Waals surface area (Å²) in [7, 11) is 5.73. The van der Waals surface area contributed by atoms with E-state index in [1.807, 2.05) is 21.1 Å². The van der Waals surface area contributed by atoms with Crippen LogP contribution in [0.25, 0.3) is 0 Å². The van der Waals surface area contributed by atoms with Gasteiger partial charge in [-0.05, 0) is 25.7 Å². The standard InChI is InChI=1S/C19H35NO5/c1-5-6-7-8-9-10-11-12-16(21)13-19(24)25-17(14-18(22)23)15-20(2,3)4/h6-7,16-17,21H,5,8-15H2,1-4H3/p+1/b7-6-. The molecule has 0 fully saturated rings. The molecule has 25 heavy (non-hydrogen) atoms. The third kappa shape index (κ3) is 15.8. The van der Waals surface area contributed by atoms with E-state index in [-0.39, 0.29) is 12.8 Å². The van der Waals surface area contributed by atoms with Gasteiger partial charge in [-0.3, -0.25) is 9.59 Å². The number of hydrogen-bond acceptors (Lipinski definition) is 4. The van der Waals surface area contributed by atoms with Crippen LogP contribution in [-0.4, -0.2) is 66.5 Å². The van der Waals surface area contributed by atoms with E-state index in [2.05, 4.69) is 19.1 Å². The second kappa shape index (κ2) is 12.9. The Hall–Kier alpha value is -1.40. The number of carbonyl (C=O) groups is 2. The number of allylic oxidation sites excluding steroid dienone is 2. The predicted molar refractivity (Wildman–Crippen MR) is 98.2 cm³/mol. The van der Waals surface area contributed by atoms with E-state index < -0.39 is 24.1 Å². The van der Waals surface area contributed by atoms with Crippen molar-refractivity contribution in [2.24, 2.45) is 0 Å². The van der Waals surface area contributed by atoms with Crippen molar-refractivity contribution in [3.8, 4) is 0 Å². The average molecular weight is 358 g/mol. The van der Waals surface area contributed by atoms with E-state index >= 15 is 0 Å². The Balaban J connectivity index is 4.10. The van der Waals surface area contributed by atoms with Crippen LogP contribution in [0.4, 0.5) is 0 Å². The third-order valence-corrected chi connectivity index (χ3v) is 3.66. The monoisotopic (exact) mass is 358 g/mol. The van der Waals surface area contributed by atoms with Gasteiger partial charge in [0.1, 0.15) is 6.54 Å². The van der Waals surface area contributed by atoms with Crippen LogP contribution in [0.2, 0.25) is 0 Å². The molecule has 0 aromatic rings. The fourth-order valence-electron chi connectivity index (χ4n) is 2.58. The second-order valence-corrected chi connectivity index (χ2v) is 7.56. The number of rotatable bonds is 14. The molecule has 0 aliphatic rings. The normalized spacial score (nSPS) is 14.4. The van der Waals surface area contributed by atoms with Crippen molar-refractivity contribution < 1.29 is 29.0 Å². The highest BCUT2D eigenvalue weighted by molar-refractivity contribution is 5.71. The van der Waals surface area contributed by atoms with E-state index in [4.69, 9.17) is 9.84 Å². The van der Waals surface area contributed by atoms with Gasteiger partial charge in [-0.1, -0.05) is 31.9 Å². The van der Waals surface area contributed by atoms with Crippen LogP contribution >= 0.6 is 0 Å². The van der Waals surface area contributed by atoms with Gasteiger partial charge in [0.15, 0.2) is 6.10 Å². The highest BCUT2D eigenvalue weighted by Gasteiger charge is 2.25. The molecule has 0 radical (unpaired) electrons. The molecule has 0 aromatic carbocycles. The molecule has 0 aliphatic carbocycles. The molecule has 146 valence electrons. The highest BCUT2D eigenvalue weighted by Crippen LogP contribution is 2.12. The fraction of sp³-hybridized carbons (Fsp3) is 0.789. The Labute approximate surface area is 152 Å². The molecule has 0 spiro atoms. The maximum atomic E-state index is 11.9. The van der Waals surface area contributed by atoms with Gasteiger partial charge in [0, 0.05) is 0 Å². The Morgan fingerprint density at radius 2 is 1.76 bits per heavy atom. The van der Waals surface area contributed by atoms with Crippen LogP contribution in [0.1, 0.15) is 58.3 Å². The molecule has 2 unspecified atom stereocenters. The minimum absolute atomic E-state index is 0.0804. The van der Waals surface area contributed by atoms with Crippen molar-refractivity contribution in [3.63, 3.8) is 0 Å². The minimum atomic E-state index is -0.996. The first-order valence-electron chi connectivity index (χ1n) is 9.18. The highest BCUT2D eigenvalue weighted by atomic mass is 16.5. The van der Waals surface area contributed by atoms with E-state index in [0.717, 1.165) is 32.1 Å². The number of unbranched alkanes of at least 4 members (excludes halogenated alkanes) is 3. The van der Waals surface area contributed by atoms with Crippen molar-refractivity contribution in [1.29, 1.82) is 0 Å². The number of carboxylic acids is 1. The number of carboxylic acid groups (broad SMARTS) is 1. The van der Waals surface area contributed by atoms with Crippen LogP contribution in [0.3, 0.4) is 0 Å². The quantitative estimate of drug-likeness (QED) is 0.216. The SMILES string of the molecule is CC/C=C\CCCCCC(O)CC(=O)OC(CC(=O)O)C[N+](C)(C)C. The summed E-state index contributed by atoms with van der Waals surface area (Å²) in [5.74, 6) is -1.53. The second-order valence-electron chi connectivity index (χ2n) is 7.56. The van der Waals surface area contributed by atoms with E-state index in [9.17, 15) is 14.7 Å². The van der Waals surface area contributed by atoms with Crippen molar-refractivity contribution in [1.82, 2.24) is 0 Å². The largest absolute Gasteiger partial charge is 0.481 e. The molecule has 0 bridgehead atoms. The summed E-state index contributed by atoms with van der Waals surface area (Å²) in [6.07, 6.45) is 8.24. The Bertz CT molecular complexity index is 415. The molecule has 0 aromatic heterocycles. The number of hydrogen-bond donors (Lipinski definition) is 2. The molecule has 6 nitrogen and oxygen atoms in total. The van der Waals surface area contributed by atoms with E-state index in [1.165, 1.54) is 0 Å². The first-order chi connectivity index (χ1) is 11.6. The molecule has 0 heterocycles. The molecular weight excluding hydrogens is 322 g/mol. The fourth-order valence-corrected chi connectivity index (χ4v) is 2.58. The van der Waals surface area contributed by atoms with Crippen LogP contribution in [0, 0.1) is 0 Å². The van der Waals surface area contributed by atoms with Crippen LogP contribution in [0.15, 0.2) is 12.2 Å². The van der Waals surface area contributed by atoms with Gasteiger partial charge in [0.2, 0.25) is 0 Å². The summed E-state index contributed by atoms with van der Waals surface area (Å²) in [4.78, 5) is 22.9. The molecule has 0 aliphatic heterocycles. The maximum absolute atomic E-state index is 11.9. The van der Waals surface area contributed by atoms with Crippen LogP contribution in [-0.2, 0) is 14.3 Å². The lowest BCUT2D eigenvalue weighted by Crippen LogP contribution is -2.44. The third-order valence-electron chi connectivity index (χ3n) is 3.66. The summed E-state index contributed by atoms with van der Waals surface area (Å²) in [5.41, 5.74) is 0. The van der Waals surface area contributed by atoms with Crippen molar-refractivity contribution in [2.45, 2.75) is 70.5 Å². The number of ether oxygens (including phenoxy) is 1. The number of nitrogens with zero attached hydrogens (tertiary/aromatic N) is 1. The molecule has 2 N–H and O–H groups in total. The zero-order chi connectivity index (χ0) is 19.3. The van der Waals surface area contributed by atoms with Gasteiger partial charge < -0.3 is 19.4 Å². The number of aliphatic hydroxyl groups is 1. The number of aliphatic carboxylic acids is 1. The van der Waals surface area contributed by atoms with Crippen LogP contribution in [0.5, 0.6) is 0 Å². The molecule has 0 saturated heterocycles. The van der Waals surface area contributed by atoms with Crippen molar-refractivity contribution in [2.75, 3.05) is 27.7 Å². The molecule has 0 rings (SSSR count). The molecule has 2 atom stereocenters. The number of aliphatic hydroxyl groups excluding tert-OH is 1. The van der Waals surface area contributed by atoms with Crippen LogP contribution < -0.4 is 0 Å². The van der Waals surface area contributed by atoms with Gasteiger partial charge in [-0.15, -0.1) is 0 Å². The Kier molecular flexibility index (Phi) is 12.2. The van der Waals surface area contributed by atoms with Gasteiger partial charge in [-0.25, -0.2) is 0 Å². The first-order valence-corrected chi connectivity index (χ1v) is 9.18. The molecule has 0 saturated carbocycles. The van der Waals surface area contributed by atoms with Gasteiger partial charge in [0.25, 0.3) is 0 Å². The smallest absolute Gasteiger partial charge is 0.308 e. The number of likely N-dealkylation sites (N-methyl/N-ethyl adjacent to an activating group) is 1. The van der Waals surface area contributed by atoms with E-state index in [0.29, 0.717) is 17.4 Å². The Morgan fingerprint density at radius 1 is 1.08 bits per heavy atom. The van der Waals surface area contributed by atoms with Gasteiger partial charge in [0.05, 0.1) is 40.1 Å². The van der Waals surface area contributed by atoms with Crippen molar-refractivity contribution in [3.05, 3.63) is 12.2 Å². The van der Waals surface area contributed by atoms with Crippen molar-refractivity contribution >= 4 is 11.9 Å². The number of quaternary nitrogens is 1. The predicted octanol–water partition coefficient (Wildman–Crippen LogP) is 2.75. The summed E-state index contributed by atoms with van der Waals surface area (Å²) < 4.78 is 5.78. The maximum Gasteiger partial charge on any atom is 0.308 e. The average Bonchev–Trinajstić information content (AvgIpc) is 2.43. The van der Waals surface area contributed by atoms with Gasteiger partial charge >= 0.3 is 11.9 Å². The Morgan fingerprint density at radius 3 is 2.32 bits per heavy atom. The van der Waals surface area contributed by atoms with Gasteiger partial charge in [-0.2, -0.15) is 0 Å². The topological polar surface area (TPSA) is 83.8 Å².